The van der Waals surface area contributed by atoms with Crippen LogP contribution in [0.4, 0.5) is 0 Å². The van der Waals surface area contributed by atoms with E-state index in [4.69, 9.17) is 28.4 Å². The summed E-state index contributed by atoms with van der Waals surface area (Å²) in [5.41, 5.74) is 2.41. The van der Waals surface area contributed by atoms with Gasteiger partial charge in [0.25, 0.3) is 0 Å². The lowest BCUT2D eigenvalue weighted by Gasteiger charge is -2.24. The zero-order valence-electron chi connectivity index (χ0n) is 27.2. The molecule has 0 saturated heterocycles. The summed E-state index contributed by atoms with van der Waals surface area (Å²) in [6, 6.07) is 15.2. The molecule has 0 heterocycles. The fraction of sp³-hybridized carbons (Fsp3) is 0.395. The number of methoxy groups -OCH3 is 1. The molecular weight excluding hydrogens is 600 g/mol. The zero-order chi connectivity index (χ0) is 33.7. The quantitative estimate of drug-likeness (QED) is 0.0572. The van der Waals surface area contributed by atoms with Crippen LogP contribution in [0.3, 0.4) is 0 Å². The second-order valence-corrected chi connectivity index (χ2v) is 10.9. The molecule has 0 bridgehead atoms. The lowest BCUT2D eigenvalue weighted by Crippen LogP contribution is -2.31. The van der Waals surface area contributed by atoms with E-state index < -0.39 is 18.0 Å². The van der Waals surface area contributed by atoms with Crippen LogP contribution in [0.15, 0.2) is 97.6 Å². The van der Waals surface area contributed by atoms with E-state index in [1.54, 1.807) is 31.4 Å². The molecule has 47 heavy (non-hydrogen) atoms. The van der Waals surface area contributed by atoms with Gasteiger partial charge in [0.1, 0.15) is 23.7 Å². The second-order valence-electron chi connectivity index (χ2n) is 10.9. The van der Waals surface area contributed by atoms with Crippen LogP contribution < -0.4 is 9.47 Å². The predicted octanol–water partition coefficient (Wildman–Crippen LogP) is 7.11. The summed E-state index contributed by atoms with van der Waals surface area (Å²) in [7, 11) is 1.58. The van der Waals surface area contributed by atoms with E-state index in [1.165, 1.54) is 6.08 Å². The molecule has 1 aliphatic rings. The number of unbranched alkanes of at least 4 members (excludes halogenated alkanes) is 6. The number of carbonyl (C=O) groups is 3. The van der Waals surface area contributed by atoms with Gasteiger partial charge in [-0.3, -0.25) is 0 Å². The van der Waals surface area contributed by atoms with Gasteiger partial charge in [-0.1, -0.05) is 49.9 Å². The Bertz CT molecular complexity index is 1340. The molecule has 2 atom stereocenters. The Balaban J connectivity index is 1.36. The van der Waals surface area contributed by atoms with E-state index in [0.717, 1.165) is 74.3 Å². The van der Waals surface area contributed by atoms with Crippen LogP contribution in [-0.4, -0.2) is 63.7 Å². The SMILES string of the molecule is C=CC(=O)OCCCCCCOc1ccc(-c2ccc(OC(=O)C3=CC(OC)C(OCCCCCCOC(=O)C=C)C=C3)cc2)cc1. The molecule has 3 rings (SSSR count). The molecule has 2 aromatic rings. The Morgan fingerprint density at radius 3 is 1.70 bits per heavy atom. The molecule has 2 aromatic carbocycles. The maximum absolute atomic E-state index is 12.9. The maximum Gasteiger partial charge on any atom is 0.343 e. The highest BCUT2D eigenvalue weighted by molar-refractivity contribution is 5.93. The first-order valence-electron chi connectivity index (χ1n) is 16.1. The van der Waals surface area contributed by atoms with E-state index in [9.17, 15) is 14.4 Å². The number of rotatable bonds is 22. The minimum absolute atomic E-state index is 0.298. The Morgan fingerprint density at radius 1 is 0.660 bits per heavy atom. The molecule has 0 aromatic heterocycles. The summed E-state index contributed by atoms with van der Waals surface area (Å²) in [4.78, 5) is 34.9. The molecule has 0 N–H and O–H groups in total. The number of ether oxygens (including phenoxy) is 6. The van der Waals surface area contributed by atoms with Crippen molar-refractivity contribution in [2.24, 2.45) is 0 Å². The van der Waals surface area contributed by atoms with Gasteiger partial charge in [-0.2, -0.15) is 0 Å². The molecule has 0 saturated carbocycles. The first-order chi connectivity index (χ1) is 22.9. The highest BCUT2D eigenvalue weighted by Crippen LogP contribution is 2.26. The van der Waals surface area contributed by atoms with Crippen LogP contribution in [0.1, 0.15) is 51.4 Å². The third-order valence-corrected chi connectivity index (χ3v) is 7.37. The van der Waals surface area contributed by atoms with Crippen molar-refractivity contribution < 1.29 is 42.8 Å². The van der Waals surface area contributed by atoms with Gasteiger partial charge in [-0.05, 0) is 92.5 Å². The lowest BCUT2D eigenvalue weighted by molar-refractivity contribution is -0.138. The first-order valence-corrected chi connectivity index (χ1v) is 16.1. The highest BCUT2D eigenvalue weighted by Gasteiger charge is 2.24. The number of carbonyl (C=O) groups excluding carboxylic acids is 3. The number of esters is 3. The van der Waals surface area contributed by atoms with Crippen molar-refractivity contribution in [1.82, 2.24) is 0 Å². The van der Waals surface area contributed by atoms with Crippen molar-refractivity contribution in [3.63, 3.8) is 0 Å². The van der Waals surface area contributed by atoms with E-state index in [0.29, 0.717) is 37.8 Å². The molecule has 0 amide bonds. The lowest BCUT2D eigenvalue weighted by atomic mass is 10.0. The molecule has 1 aliphatic carbocycles. The third kappa shape index (κ3) is 13.8. The number of hydrogen-bond acceptors (Lipinski definition) is 9. The van der Waals surface area contributed by atoms with Gasteiger partial charge >= 0.3 is 17.9 Å². The van der Waals surface area contributed by atoms with Crippen LogP contribution in [0.2, 0.25) is 0 Å². The Kier molecular flexibility index (Phi) is 16.8. The van der Waals surface area contributed by atoms with E-state index in [-0.39, 0.29) is 12.1 Å². The van der Waals surface area contributed by atoms with E-state index in [2.05, 4.69) is 13.2 Å². The van der Waals surface area contributed by atoms with Gasteiger partial charge in [-0.15, -0.1) is 0 Å². The van der Waals surface area contributed by atoms with Gasteiger partial charge in [0.15, 0.2) is 0 Å². The van der Waals surface area contributed by atoms with Crippen LogP contribution >= 0.6 is 0 Å². The summed E-state index contributed by atoms with van der Waals surface area (Å²) < 4.78 is 33.0. The minimum atomic E-state index is -0.468. The molecule has 252 valence electrons. The van der Waals surface area contributed by atoms with Crippen molar-refractivity contribution >= 4 is 17.9 Å². The van der Waals surface area contributed by atoms with Crippen molar-refractivity contribution in [2.75, 3.05) is 33.5 Å². The van der Waals surface area contributed by atoms with Crippen LogP contribution in [-0.2, 0) is 33.3 Å². The van der Waals surface area contributed by atoms with Crippen molar-refractivity contribution in [3.8, 4) is 22.6 Å². The normalized spacial score (nSPS) is 15.3. The average molecular weight is 647 g/mol. The summed E-state index contributed by atoms with van der Waals surface area (Å²) >= 11 is 0. The largest absolute Gasteiger partial charge is 0.494 e. The van der Waals surface area contributed by atoms with Gasteiger partial charge in [0, 0.05) is 25.9 Å². The van der Waals surface area contributed by atoms with E-state index >= 15 is 0 Å². The Labute approximate surface area is 277 Å². The highest BCUT2D eigenvalue weighted by atomic mass is 16.5. The molecule has 0 spiro atoms. The Morgan fingerprint density at radius 2 is 1.17 bits per heavy atom. The molecule has 0 fully saturated rings. The topological polar surface area (TPSA) is 107 Å². The number of benzene rings is 2. The average Bonchev–Trinajstić information content (AvgIpc) is 3.10. The molecule has 9 heteroatoms. The summed E-state index contributed by atoms with van der Waals surface area (Å²) in [5, 5.41) is 0. The van der Waals surface area contributed by atoms with Gasteiger partial charge in [-0.25, -0.2) is 14.4 Å². The predicted molar refractivity (Wildman–Crippen MR) is 180 cm³/mol. The molecule has 0 radical (unpaired) electrons. The molecule has 2 unspecified atom stereocenters. The monoisotopic (exact) mass is 646 g/mol. The van der Waals surface area contributed by atoms with Gasteiger partial charge in [0.2, 0.25) is 0 Å². The standard InChI is InChI=1S/C38H46O9/c1-4-36(39)45-26-12-8-6-10-24-43-32-19-14-29(15-20-32)30-16-21-33(22-17-30)47-38(41)31-18-23-34(35(28-31)42-3)44-25-11-7-9-13-27-46-37(40)5-2/h4-5,14-23,28,34-35H,1-2,6-13,24-27H2,3H3. The maximum atomic E-state index is 12.9. The van der Waals surface area contributed by atoms with Crippen molar-refractivity contribution in [3.05, 3.63) is 97.6 Å². The third-order valence-electron chi connectivity index (χ3n) is 7.37. The fourth-order valence-corrected chi connectivity index (χ4v) is 4.74. The summed E-state index contributed by atoms with van der Waals surface area (Å²) in [6.07, 6.45) is 14.1. The second kappa shape index (κ2) is 21.3. The van der Waals surface area contributed by atoms with Gasteiger partial charge < -0.3 is 28.4 Å². The van der Waals surface area contributed by atoms with Crippen LogP contribution in [0.25, 0.3) is 11.1 Å². The molecule has 0 aliphatic heterocycles. The smallest absolute Gasteiger partial charge is 0.343 e. The Hall–Kier alpha value is -4.47. The fourth-order valence-electron chi connectivity index (χ4n) is 4.74. The van der Waals surface area contributed by atoms with Gasteiger partial charge in [0.05, 0.1) is 25.4 Å². The van der Waals surface area contributed by atoms with Crippen LogP contribution in [0, 0.1) is 0 Å². The summed E-state index contributed by atoms with van der Waals surface area (Å²) in [5.74, 6) is -0.00434. The number of hydrogen-bond donors (Lipinski definition) is 0. The molecular formula is C38H46O9. The molecule has 9 nitrogen and oxygen atoms in total. The zero-order valence-corrected chi connectivity index (χ0v) is 27.2. The summed E-state index contributed by atoms with van der Waals surface area (Å²) in [6.45, 7) is 8.73. The van der Waals surface area contributed by atoms with E-state index in [1.807, 2.05) is 42.5 Å². The minimum Gasteiger partial charge on any atom is -0.494 e. The van der Waals surface area contributed by atoms with Crippen molar-refractivity contribution in [1.29, 1.82) is 0 Å². The van der Waals surface area contributed by atoms with Crippen LogP contribution in [0.5, 0.6) is 11.5 Å². The first kappa shape index (κ1) is 37.0. The van der Waals surface area contributed by atoms with Crippen molar-refractivity contribution in [2.45, 2.75) is 63.6 Å².